The summed E-state index contributed by atoms with van der Waals surface area (Å²) in [6.07, 6.45) is 5.67. The molecule has 0 aliphatic rings. The number of hydrogen-bond donors (Lipinski definition) is 2. The van der Waals surface area contributed by atoms with Gasteiger partial charge in [0.05, 0.1) is 0 Å². The highest BCUT2D eigenvalue weighted by molar-refractivity contribution is 7.09. The number of ether oxygens (including phenoxy) is 1. The summed E-state index contributed by atoms with van der Waals surface area (Å²) in [4.78, 5) is 1.47. The van der Waals surface area contributed by atoms with Gasteiger partial charge < -0.3 is 4.74 Å². The van der Waals surface area contributed by atoms with Crippen molar-refractivity contribution in [2.24, 2.45) is 5.84 Å². The van der Waals surface area contributed by atoms with Crippen molar-refractivity contribution in [2.75, 3.05) is 13.7 Å². The summed E-state index contributed by atoms with van der Waals surface area (Å²) < 4.78 is 5.03. The maximum Gasteiger partial charge on any atom is 0.0462 e. The number of nitrogens with one attached hydrogen (secondary N) is 1. The van der Waals surface area contributed by atoms with Gasteiger partial charge in [0.25, 0.3) is 0 Å². The lowest BCUT2D eigenvalue weighted by Gasteiger charge is -2.14. The lowest BCUT2D eigenvalue weighted by Crippen LogP contribution is -2.35. The van der Waals surface area contributed by atoms with Crippen LogP contribution in [0.5, 0.6) is 0 Å². The molecule has 0 aromatic carbocycles. The van der Waals surface area contributed by atoms with Gasteiger partial charge in [-0.3, -0.25) is 11.3 Å². The summed E-state index contributed by atoms with van der Waals surface area (Å²) in [5.74, 6) is 5.53. The van der Waals surface area contributed by atoms with Gasteiger partial charge in [0.2, 0.25) is 0 Å². The number of methoxy groups -OCH3 is 1. The van der Waals surface area contributed by atoms with Crippen LogP contribution >= 0.6 is 11.3 Å². The second-order valence-corrected chi connectivity index (χ2v) is 5.00. The molecular weight excluding hydrogens is 220 g/mol. The van der Waals surface area contributed by atoms with Gasteiger partial charge in [-0.05, 0) is 43.6 Å². The smallest absolute Gasteiger partial charge is 0.0462 e. The van der Waals surface area contributed by atoms with E-state index in [9.17, 15) is 0 Å². The Morgan fingerprint density at radius 2 is 2.25 bits per heavy atom. The van der Waals surface area contributed by atoms with Crippen LogP contribution in [0.2, 0.25) is 0 Å². The van der Waals surface area contributed by atoms with Crippen molar-refractivity contribution in [2.45, 2.75) is 38.1 Å². The van der Waals surface area contributed by atoms with Crippen molar-refractivity contribution in [1.29, 1.82) is 0 Å². The standard InChI is InChI=1S/C12H22N2OS/c1-15-9-3-6-11(14-13)5-2-7-12-8-4-10-16-12/h4,8,10-11,14H,2-3,5-7,9,13H2,1H3. The summed E-state index contributed by atoms with van der Waals surface area (Å²) in [7, 11) is 1.74. The Labute approximate surface area is 102 Å². The number of thiophene rings is 1. The molecule has 4 heteroatoms. The topological polar surface area (TPSA) is 47.3 Å². The number of aryl methyl sites for hydroxylation is 1. The lowest BCUT2D eigenvalue weighted by atomic mass is 10.1. The van der Waals surface area contributed by atoms with Crippen molar-refractivity contribution in [3.05, 3.63) is 22.4 Å². The second-order valence-electron chi connectivity index (χ2n) is 3.97. The molecule has 3 N–H and O–H groups in total. The fourth-order valence-corrected chi connectivity index (χ4v) is 2.51. The van der Waals surface area contributed by atoms with Crippen LogP contribution in [0.25, 0.3) is 0 Å². The molecule has 0 aliphatic carbocycles. The van der Waals surface area contributed by atoms with E-state index >= 15 is 0 Å². The Hall–Kier alpha value is -0.420. The molecule has 92 valence electrons. The van der Waals surface area contributed by atoms with Gasteiger partial charge in [0.1, 0.15) is 0 Å². The monoisotopic (exact) mass is 242 g/mol. The molecule has 1 aromatic heterocycles. The van der Waals surface area contributed by atoms with E-state index in [-0.39, 0.29) is 0 Å². The largest absolute Gasteiger partial charge is 0.385 e. The van der Waals surface area contributed by atoms with Crippen LogP contribution in [-0.4, -0.2) is 19.8 Å². The molecule has 0 bridgehead atoms. The van der Waals surface area contributed by atoms with Gasteiger partial charge in [-0.1, -0.05) is 6.07 Å². The second kappa shape index (κ2) is 8.70. The molecule has 0 amide bonds. The third-order valence-corrected chi connectivity index (χ3v) is 3.63. The van der Waals surface area contributed by atoms with Crippen LogP contribution in [0.3, 0.4) is 0 Å². The van der Waals surface area contributed by atoms with E-state index in [0.29, 0.717) is 6.04 Å². The minimum absolute atomic E-state index is 0.426. The van der Waals surface area contributed by atoms with Crippen LogP contribution in [0.1, 0.15) is 30.6 Å². The van der Waals surface area contributed by atoms with Crippen molar-refractivity contribution in [3.63, 3.8) is 0 Å². The molecule has 0 fully saturated rings. The first kappa shape index (κ1) is 13.6. The first-order chi connectivity index (χ1) is 7.86. The van der Waals surface area contributed by atoms with Crippen molar-refractivity contribution in [1.82, 2.24) is 5.43 Å². The maximum atomic E-state index is 5.53. The van der Waals surface area contributed by atoms with Crippen molar-refractivity contribution in [3.8, 4) is 0 Å². The minimum atomic E-state index is 0.426. The van der Waals surface area contributed by atoms with E-state index in [1.807, 2.05) is 11.3 Å². The Balaban J connectivity index is 2.08. The number of hydrogen-bond acceptors (Lipinski definition) is 4. The fourth-order valence-electron chi connectivity index (χ4n) is 1.76. The van der Waals surface area contributed by atoms with Gasteiger partial charge in [0.15, 0.2) is 0 Å². The van der Waals surface area contributed by atoms with Gasteiger partial charge in [-0.15, -0.1) is 11.3 Å². The zero-order valence-electron chi connectivity index (χ0n) is 9.95. The molecule has 1 heterocycles. The van der Waals surface area contributed by atoms with Crippen molar-refractivity contribution < 1.29 is 4.74 Å². The van der Waals surface area contributed by atoms with E-state index in [0.717, 1.165) is 25.9 Å². The quantitative estimate of drug-likeness (QED) is 0.397. The lowest BCUT2D eigenvalue weighted by molar-refractivity contribution is 0.188. The SMILES string of the molecule is COCCCC(CCCc1cccs1)NN. The Morgan fingerprint density at radius 1 is 1.44 bits per heavy atom. The summed E-state index contributed by atoms with van der Waals surface area (Å²) >= 11 is 1.83. The van der Waals surface area contributed by atoms with E-state index < -0.39 is 0 Å². The van der Waals surface area contributed by atoms with Gasteiger partial charge in [-0.25, -0.2) is 0 Å². The van der Waals surface area contributed by atoms with E-state index in [4.69, 9.17) is 10.6 Å². The molecule has 0 saturated carbocycles. The van der Waals surface area contributed by atoms with Gasteiger partial charge in [0, 0.05) is 24.6 Å². The fraction of sp³-hybridized carbons (Fsp3) is 0.667. The molecule has 0 aliphatic heterocycles. The highest BCUT2D eigenvalue weighted by atomic mass is 32.1. The third-order valence-electron chi connectivity index (χ3n) is 2.69. The predicted octanol–water partition coefficient (Wildman–Crippen LogP) is 2.33. The Bertz CT molecular complexity index is 252. The zero-order valence-corrected chi connectivity index (χ0v) is 10.8. The van der Waals surface area contributed by atoms with E-state index in [1.54, 1.807) is 7.11 Å². The molecule has 1 rings (SSSR count). The third kappa shape index (κ3) is 5.61. The highest BCUT2D eigenvalue weighted by Crippen LogP contribution is 2.13. The highest BCUT2D eigenvalue weighted by Gasteiger charge is 2.06. The van der Waals surface area contributed by atoms with Gasteiger partial charge in [-0.2, -0.15) is 0 Å². The normalized spacial score (nSPS) is 12.9. The van der Waals surface area contributed by atoms with Crippen LogP contribution < -0.4 is 11.3 Å². The molecule has 0 spiro atoms. The molecule has 0 saturated heterocycles. The Morgan fingerprint density at radius 3 is 2.88 bits per heavy atom. The molecule has 16 heavy (non-hydrogen) atoms. The number of nitrogens with two attached hydrogens (primary N) is 1. The average molecular weight is 242 g/mol. The first-order valence-electron chi connectivity index (χ1n) is 5.84. The zero-order chi connectivity index (χ0) is 11.6. The molecule has 1 atom stereocenters. The summed E-state index contributed by atoms with van der Waals surface area (Å²) in [6, 6.07) is 4.73. The molecular formula is C12H22N2OS. The summed E-state index contributed by atoms with van der Waals surface area (Å²) in [6.45, 7) is 0.823. The number of hydrazine groups is 1. The van der Waals surface area contributed by atoms with E-state index in [1.165, 1.54) is 17.7 Å². The maximum absolute atomic E-state index is 5.53. The van der Waals surface area contributed by atoms with Crippen LogP contribution in [0, 0.1) is 0 Å². The molecule has 1 unspecified atom stereocenters. The average Bonchev–Trinajstić information content (AvgIpc) is 2.80. The molecule has 1 aromatic rings. The summed E-state index contributed by atoms with van der Waals surface area (Å²) in [5.41, 5.74) is 2.89. The first-order valence-corrected chi connectivity index (χ1v) is 6.72. The van der Waals surface area contributed by atoms with Gasteiger partial charge >= 0.3 is 0 Å². The minimum Gasteiger partial charge on any atom is -0.385 e. The van der Waals surface area contributed by atoms with Crippen LogP contribution in [0.4, 0.5) is 0 Å². The van der Waals surface area contributed by atoms with Crippen LogP contribution in [0.15, 0.2) is 17.5 Å². The van der Waals surface area contributed by atoms with Crippen molar-refractivity contribution >= 4 is 11.3 Å². The molecule has 0 radical (unpaired) electrons. The van der Waals surface area contributed by atoms with Crippen LogP contribution in [-0.2, 0) is 11.2 Å². The van der Waals surface area contributed by atoms with E-state index in [2.05, 4.69) is 22.9 Å². The summed E-state index contributed by atoms with van der Waals surface area (Å²) in [5, 5.41) is 2.13. The Kier molecular flexibility index (Phi) is 7.42. The molecule has 3 nitrogen and oxygen atoms in total. The number of rotatable bonds is 9. The predicted molar refractivity (Wildman–Crippen MR) is 69.5 cm³/mol.